The maximum atomic E-state index is 11.9. The Kier molecular flexibility index (Phi) is 18.0. The molecule has 0 bridgehead atoms. The van der Waals surface area contributed by atoms with Gasteiger partial charge in [0.15, 0.2) is 6.04 Å². The van der Waals surface area contributed by atoms with E-state index in [1.807, 2.05) is 6.92 Å². The molecular weight excluding hydrogens is 457 g/mol. The van der Waals surface area contributed by atoms with Crippen molar-refractivity contribution in [2.75, 3.05) is 19.8 Å². The van der Waals surface area contributed by atoms with Gasteiger partial charge in [-0.05, 0) is 12.8 Å². The predicted molar refractivity (Wildman–Crippen MR) is 120 cm³/mol. The zero-order valence-electron chi connectivity index (χ0n) is 19.7. The number of rotatable bonds is 21. The van der Waals surface area contributed by atoms with Crippen LogP contribution >= 0.6 is 7.82 Å². The fourth-order valence-corrected chi connectivity index (χ4v) is 3.49. The molecule has 1 amide bonds. The Morgan fingerprint density at radius 2 is 1.39 bits per heavy atom. The van der Waals surface area contributed by atoms with Crippen molar-refractivity contribution >= 4 is 25.7 Å². The van der Waals surface area contributed by atoms with Crippen LogP contribution in [0, 0.1) is 0 Å². The largest absolute Gasteiger partial charge is 0.480 e. The Balaban J connectivity index is 4.21. The van der Waals surface area contributed by atoms with Gasteiger partial charge in [0.2, 0.25) is 5.91 Å². The van der Waals surface area contributed by atoms with Crippen molar-refractivity contribution in [2.45, 2.75) is 96.6 Å². The number of nitrogens with one attached hydrogen (secondary N) is 1. The average Bonchev–Trinajstić information content (AvgIpc) is 2.76. The highest BCUT2D eigenvalue weighted by Crippen LogP contribution is 2.43. The van der Waals surface area contributed by atoms with Gasteiger partial charge in [-0.15, -0.1) is 0 Å². The number of aliphatic hydroxyl groups is 1. The number of aliphatic carboxylic acids is 1. The molecule has 0 saturated carbocycles. The fraction of sp³-hybridized carbons (Fsp3) is 0.857. The molecular formula is C21H40NO10P. The number of aliphatic hydroxyl groups excluding tert-OH is 1. The average molecular weight is 498 g/mol. The summed E-state index contributed by atoms with van der Waals surface area (Å²) < 4.78 is 26.1. The zero-order chi connectivity index (χ0) is 25.1. The van der Waals surface area contributed by atoms with E-state index in [9.17, 15) is 34.1 Å². The first-order valence-corrected chi connectivity index (χ1v) is 13.1. The van der Waals surface area contributed by atoms with Crippen molar-refractivity contribution in [3.8, 4) is 0 Å². The monoisotopic (exact) mass is 497 g/mol. The highest BCUT2D eigenvalue weighted by Gasteiger charge is 2.28. The summed E-state index contributed by atoms with van der Waals surface area (Å²) in [4.78, 5) is 44.4. The lowest BCUT2D eigenvalue weighted by molar-refractivity contribution is -0.147. The molecule has 0 saturated heterocycles. The van der Waals surface area contributed by atoms with Gasteiger partial charge in [0.1, 0.15) is 12.7 Å². The quantitative estimate of drug-likeness (QED) is 0.105. The highest BCUT2D eigenvalue weighted by molar-refractivity contribution is 7.47. The van der Waals surface area contributed by atoms with Crippen molar-refractivity contribution in [1.82, 2.24) is 5.32 Å². The number of ether oxygens (including phenoxy) is 1. The molecule has 33 heavy (non-hydrogen) atoms. The number of carbonyl (C=O) groups is 3. The summed E-state index contributed by atoms with van der Waals surface area (Å²) in [6, 6.07) is -1.53. The van der Waals surface area contributed by atoms with Crippen LogP contribution in [0.25, 0.3) is 0 Å². The van der Waals surface area contributed by atoms with Gasteiger partial charge in [0.25, 0.3) is 0 Å². The first-order chi connectivity index (χ1) is 15.6. The van der Waals surface area contributed by atoms with Gasteiger partial charge in [-0.1, -0.05) is 58.8 Å². The lowest BCUT2D eigenvalue weighted by atomic mass is 10.1. The third kappa shape index (κ3) is 18.6. The van der Waals surface area contributed by atoms with Crippen molar-refractivity contribution in [2.24, 2.45) is 0 Å². The number of carboxylic acid groups (broad SMARTS) is 1. The highest BCUT2D eigenvalue weighted by atomic mass is 31.2. The summed E-state index contributed by atoms with van der Waals surface area (Å²) in [6.07, 6.45) is 7.25. The summed E-state index contributed by atoms with van der Waals surface area (Å²) >= 11 is 0. The number of esters is 1. The van der Waals surface area contributed by atoms with Crippen LogP contribution in [-0.4, -0.2) is 64.9 Å². The first-order valence-electron chi connectivity index (χ1n) is 11.6. The van der Waals surface area contributed by atoms with Crippen molar-refractivity contribution < 1.29 is 47.8 Å². The number of carbonyl (C=O) groups excluding carboxylic acids is 2. The maximum absolute atomic E-state index is 11.9. The standard InChI is InChI=1S/C21H40NO10P/c1-3-5-7-9-11-13-20(25)30-14-17(23)15-31-33(28,29)32-16-18(21(26)27)22-19(24)12-10-8-6-4-2/h17-18,23H,3-16H2,1-2H3,(H,22,24)(H,26,27)(H,28,29). The van der Waals surface area contributed by atoms with Gasteiger partial charge < -0.3 is 25.2 Å². The molecule has 0 aliphatic rings. The Hall–Kier alpha value is -1.52. The molecule has 0 aliphatic heterocycles. The minimum Gasteiger partial charge on any atom is -0.480 e. The molecule has 0 aromatic heterocycles. The second-order valence-electron chi connectivity index (χ2n) is 7.83. The summed E-state index contributed by atoms with van der Waals surface area (Å²) in [7, 11) is -4.70. The van der Waals surface area contributed by atoms with E-state index >= 15 is 0 Å². The van der Waals surface area contributed by atoms with Crippen LogP contribution in [0.3, 0.4) is 0 Å². The second-order valence-corrected chi connectivity index (χ2v) is 9.28. The van der Waals surface area contributed by atoms with Crippen LogP contribution in [0.5, 0.6) is 0 Å². The summed E-state index contributed by atoms with van der Waals surface area (Å²) in [5, 5.41) is 21.2. The predicted octanol–water partition coefficient (Wildman–Crippen LogP) is 2.92. The molecule has 194 valence electrons. The minimum absolute atomic E-state index is 0.140. The van der Waals surface area contributed by atoms with E-state index in [4.69, 9.17) is 4.74 Å². The Bertz CT molecular complexity index is 616. The molecule has 12 heteroatoms. The number of phosphoric acid groups is 1. The summed E-state index contributed by atoms with van der Waals surface area (Å²) in [5.41, 5.74) is 0. The Morgan fingerprint density at radius 3 is 2.00 bits per heavy atom. The van der Waals surface area contributed by atoms with Crippen molar-refractivity contribution in [3.63, 3.8) is 0 Å². The van der Waals surface area contributed by atoms with E-state index in [2.05, 4.69) is 21.3 Å². The molecule has 0 aromatic carbocycles. The lowest BCUT2D eigenvalue weighted by Crippen LogP contribution is -2.43. The molecule has 0 heterocycles. The fourth-order valence-electron chi connectivity index (χ4n) is 2.72. The molecule has 3 unspecified atom stereocenters. The van der Waals surface area contributed by atoms with E-state index in [0.717, 1.165) is 44.9 Å². The van der Waals surface area contributed by atoms with E-state index in [-0.39, 0.29) is 12.8 Å². The molecule has 0 aromatic rings. The van der Waals surface area contributed by atoms with Gasteiger partial charge in [-0.3, -0.25) is 18.6 Å². The van der Waals surface area contributed by atoms with Crippen molar-refractivity contribution in [1.29, 1.82) is 0 Å². The topological polar surface area (TPSA) is 169 Å². The molecule has 0 aliphatic carbocycles. The number of phosphoric ester groups is 1. The molecule has 0 rings (SSSR count). The summed E-state index contributed by atoms with van der Waals surface area (Å²) in [5.74, 6) is -2.42. The van der Waals surface area contributed by atoms with E-state index in [1.165, 1.54) is 0 Å². The molecule has 0 radical (unpaired) electrons. The van der Waals surface area contributed by atoms with Gasteiger partial charge in [-0.2, -0.15) is 0 Å². The smallest absolute Gasteiger partial charge is 0.472 e. The normalized spacial score (nSPS) is 14.8. The Labute approximate surface area is 195 Å². The van der Waals surface area contributed by atoms with Crippen molar-refractivity contribution in [3.05, 3.63) is 0 Å². The molecule has 3 atom stereocenters. The molecule has 0 fully saturated rings. The van der Waals surface area contributed by atoms with Gasteiger partial charge >= 0.3 is 19.8 Å². The van der Waals surface area contributed by atoms with E-state index < -0.39 is 57.6 Å². The summed E-state index contributed by atoms with van der Waals surface area (Å²) in [6.45, 7) is 2.23. The van der Waals surface area contributed by atoms with Gasteiger partial charge in [-0.25, -0.2) is 9.36 Å². The number of hydrogen-bond donors (Lipinski definition) is 4. The number of amides is 1. The van der Waals surface area contributed by atoms with E-state index in [0.29, 0.717) is 12.8 Å². The SMILES string of the molecule is CCCCCCCC(=O)OCC(O)COP(=O)(O)OCC(NC(=O)CCCCCC)C(=O)O. The maximum Gasteiger partial charge on any atom is 0.472 e. The second kappa shape index (κ2) is 18.9. The molecule has 11 nitrogen and oxygen atoms in total. The van der Waals surface area contributed by atoms with Crippen LogP contribution in [0.1, 0.15) is 84.5 Å². The molecule has 0 spiro atoms. The number of hydrogen-bond acceptors (Lipinski definition) is 8. The van der Waals surface area contributed by atoms with Gasteiger partial charge in [0, 0.05) is 12.8 Å². The van der Waals surface area contributed by atoms with Crippen LogP contribution in [0.4, 0.5) is 0 Å². The first kappa shape index (κ1) is 31.5. The van der Waals surface area contributed by atoms with Crippen LogP contribution < -0.4 is 5.32 Å². The molecule has 4 N–H and O–H groups in total. The lowest BCUT2D eigenvalue weighted by Gasteiger charge is -2.18. The van der Waals surface area contributed by atoms with Gasteiger partial charge in [0.05, 0.1) is 13.2 Å². The third-order valence-corrected chi connectivity index (χ3v) is 5.60. The Morgan fingerprint density at radius 1 is 0.848 bits per heavy atom. The van der Waals surface area contributed by atoms with Crippen LogP contribution in [0.2, 0.25) is 0 Å². The zero-order valence-corrected chi connectivity index (χ0v) is 20.6. The van der Waals surface area contributed by atoms with E-state index in [1.54, 1.807) is 0 Å². The number of unbranched alkanes of at least 4 members (excludes halogenated alkanes) is 7. The van der Waals surface area contributed by atoms with Crippen LogP contribution in [-0.2, 0) is 32.7 Å². The number of carboxylic acids is 1. The minimum atomic E-state index is -4.70. The van der Waals surface area contributed by atoms with Crippen LogP contribution in [0.15, 0.2) is 0 Å². The third-order valence-electron chi connectivity index (χ3n) is 4.65.